The summed E-state index contributed by atoms with van der Waals surface area (Å²) in [7, 11) is 0. The summed E-state index contributed by atoms with van der Waals surface area (Å²) in [5.41, 5.74) is 4.01. The van der Waals surface area contributed by atoms with E-state index >= 15 is 0 Å². The highest BCUT2D eigenvalue weighted by Crippen LogP contribution is 2.38. The lowest BCUT2D eigenvalue weighted by atomic mass is 10.0. The number of aromatic nitrogens is 3. The fourth-order valence-corrected chi connectivity index (χ4v) is 2.71. The van der Waals surface area contributed by atoms with Gasteiger partial charge in [-0.2, -0.15) is 18.3 Å². The van der Waals surface area contributed by atoms with Gasteiger partial charge < -0.3 is 5.73 Å². The van der Waals surface area contributed by atoms with Gasteiger partial charge in [0.25, 0.3) is 5.56 Å². The molecule has 3 rings (SSSR count). The lowest BCUT2D eigenvalue weighted by Gasteiger charge is -2.11. The van der Waals surface area contributed by atoms with Gasteiger partial charge >= 0.3 is 6.18 Å². The molecule has 21 heavy (non-hydrogen) atoms. The zero-order valence-corrected chi connectivity index (χ0v) is 11.0. The van der Waals surface area contributed by atoms with Crippen LogP contribution >= 0.6 is 11.3 Å². The van der Waals surface area contributed by atoms with E-state index in [9.17, 15) is 18.0 Å². The van der Waals surface area contributed by atoms with Gasteiger partial charge in [0, 0.05) is 5.56 Å². The number of thiazole rings is 1. The Morgan fingerprint density at radius 2 is 1.95 bits per heavy atom. The molecule has 0 aliphatic heterocycles. The van der Waals surface area contributed by atoms with Crippen molar-refractivity contribution in [1.82, 2.24) is 15.2 Å². The van der Waals surface area contributed by atoms with E-state index in [1.807, 2.05) is 0 Å². The lowest BCUT2D eigenvalue weighted by Crippen LogP contribution is -2.11. The molecular weight excluding hydrogens is 305 g/mol. The van der Waals surface area contributed by atoms with Gasteiger partial charge in [0.1, 0.15) is 15.9 Å². The smallest absolute Gasteiger partial charge is 0.375 e. The molecule has 0 amide bonds. The van der Waals surface area contributed by atoms with Gasteiger partial charge in [0.2, 0.25) is 0 Å². The quantitative estimate of drug-likeness (QED) is 0.723. The molecule has 0 aliphatic rings. The second-order valence-corrected chi connectivity index (χ2v) is 5.21. The number of nitrogens with zero attached hydrogens (tertiary/aromatic N) is 2. The monoisotopic (exact) mass is 312 g/mol. The Balaban J connectivity index is 2.37. The number of alkyl halides is 3. The fourth-order valence-electron chi connectivity index (χ4n) is 1.99. The maximum absolute atomic E-state index is 13.1. The van der Waals surface area contributed by atoms with Crippen molar-refractivity contribution in [2.75, 3.05) is 5.73 Å². The Labute approximate surface area is 119 Å². The van der Waals surface area contributed by atoms with Crippen LogP contribution in [-0.2, 0) is 6.18 Å². The number of rotatable bonds is 1. The average molecular weight is 312 g/mol. The number of H-pyrrole nitrogens is 1. The molecule has 0 fully saturated rings. The summed E-state index contributed by atoms with van der Waals surface area (Å²) in [4.78, 5) is 15.6. The van der Waals surface area contributed by atoms with Crippen LogP contribution < -0.4 is 11.3 Å². The molecule has 3 aromatic rings. The van der Waals surface area contributed by atoms with Crippen LogP contribution in [0.4, 0.5) is 18.3 Å². The summed E-state index contributed by atoms with van der Waals surface area (Å²) in [5, 5.41) is 5.98. The van der Waals surface area contributed by atoms with Crippen molar-refractivity contribution in [2.24, 2.45) is 0 Å². The van der Waals surface area contributed by atoms with Crippen LogP contribution in [-0.4, -0.2) is 15.2 Å². The van der Waals surface area contributed by atoms with E-state index in [1.54, 1.807) is 0 Å². The van der Waals surface area contributed by atoms with Crippen molar-refractivity contribution in [2.45, 2.75) is 6.18 Å². The van der Waals surface area contributed by atoms with E-state index in [0.29, 0.717) is 0 Å². The van der Waals surface area contributed by atoms with Gasteiger partial charge in [0.15, 0.2) is 5.13 Å². The van der Waals surface area contributed by atoms with Crippen LogP contribution in [0.15, 0.2) is 29.1 Å². The largest absolute Gasteiger partial charge is 0.417 e. The van der Waals surface area contributed by atoms with Gasteiger partial charge in [-0.25, -0.2) is 10.1 Å². The summed E-state index contributed by atoms with van der Waals surface area (Å²) < 4.78 is 39.4. The zero-order valence-electron chi connectivity index (χ0n) is 10.2. The van der Waals surface area contributed by atoms with Crippen molar-refractivity contribution in [3.8, 4) is 11.3 Å². The molecule has 5 nitrogen and oxygen atoms in total. The molecule has 0 unspecified atom stereocenters. The highest BCUT2D eigenvalue weighted by Gasteiger charge is 2.34. The van der Waals surface area contributed by atoms with Crippen molar-refractivity contribution in [3.63, 3.8) is 0 Å². The predicted molar refractivity (Wildman–Crippen MR) is 72.9 cm³/mol. The number of halogens is 3. The standard InChI is InChI=1S/C12H7F3N4OS/c13-12(14,15)6-4-2-1-3-5(6)7-8-9(10(20)19-18-7)21-11(16)17-8/h1-4H,(H2,16,17)(H,19,20). The summed E-state index contributed by atoms with van der Waals surface area (Å²) in [6.45, 7) is 0. The van der Waals surface area contributed by atoms with E-state index in [-0.39, 0.29) is 26.6 Å². The number of nitrogens with one attached hydrogen (secondary N) is 1. The highest BCUT2D eigenvalue weighted by molar-refractivity contribution is 7.22. The Morgan fingerprint density at radius 3 is 2.67 bits per heavy atom. The van der Waals surface area contributed by atoms with Crippen molar-refractivity contribution in [3.05, 3.63) is 40.2 Å². The Bertz CT molecular complexity index is 884. The van der Waals surface area contributed by atoms with Gasteiger partial charge in [-0.3, -0.25) is 4.79 Å². The zero-order chi connectivity index (χ0) is 15.2. The second kappa shape index (κ2) is 4.55. The third kappa shape index (κ3) is 2.25. The van der Waals surface area contributed by atoms with E-state index in [4.69, 9.17) is 5.73 Å². The summed E-state index contributed by atoms with van der Waals surface area (Å²) >= 11 is 0.903. The van der Waals surface area contributed by atoms with Crippen molar-refractivity contribution < 1.29 is 13.2 Å². The van der Waals surface area contributed by atoms with Gasteiger partial charge in [-0.1, -0.05) is 29.5 Å². The first-order valence-electron chi connectivity index (χ1n) is 5.69. The molecular formula is C12H7F3N4OS. The van der Waals surface area contributed by atoms with Crippen LogP contribution in [0.3, 0.4) is 0 Å². The van der Waals surface area contributed by atoms with Crippen molar-refractivity contribution >= 4 is 26.7 Å². The molecule has 108 valence electrons. The molecule has 3 N–H and O–H groups in total. The molecule has 0 bridgehead atoms. The molecule has 9 heteroatoms. The van der Waals surface area contributed by atoms with Crippen LogP contribution in [0.5, 0.6) is 0 Å². The lowest BCUT2D eigenvalue weighted by molar-refractivity contribution is -0.137. The van der Waals surface area contributed by atoms with Gasteiger partial charge in [-0.15, -0.1) is 0 Å². The second-order valence-electron chi connectivity index (χ2n) is 4.17. The minimum Gasteiger partial charge on any atom is -0.375 e. The molecule has 0 saturated carbocycles. The van der Waals surface area contributed by atoms with E-state index < -0.39 is 17.3 Å². The van der Waals surface area contributed by atoms with Crippen molar-refractivity contribution in [1.29, 1.82) is 0 Å². The van der Waals surface area contributed by atoms with E-state index in [2.05, 4.69) is 15.2 Å². The first kappa shape index (κ1) is 13.6. The molecule has 1 aromatic carbocycles. The Hall–Kier alpha value is -2.42. The number of nitrogen functional groups attached to an aromatic ring is 1. The molecule has 2 heterocycles. The maximum atomic E-state index is 13.1. The molecule has 0 aliphatic carbocycles. The SMILES string of the molecule is Nc1nc2c(-c3ccccc3C(F)(F)F)n[nH]c(=O)c2s1. The Morgan fingerprint density at radius 1 is 1.24 bits per heavy atom. The van der Waals surface area contributed by atoms with E-state index in [1.165, 1.54) is 18.2 Å². The molecule has 2 aromatic heterocycles. The van der Waals surface area contributed by atoms with E-state index in [0.717, 1.165) is 17.4 Å². The number of hydrogen-bond acceptors (Lipinski definition) is 5. The summed E-state index contributed by atoms with van der Waals surface area (Å²) in [6, 6.07) is 4.96. The number of anilines is 1. The number of aromatic amines is 1. The van der Waals surface area contributed by atoms with Crippen LogP contribution in [0.25, 0.3) is 21.5 Å². The number of hydrogen-bond donors (Lipinski definition) is 2. The third-order valence-electron chi connectivity index (χ3n) is 2.83. The minimum atomic E-state index is -4.54. The molecule has 0 radical (unpaired) electrons. The predicted octanol–water partition coefficient (Wildman–Crippen LogP) is 2.65. The van der Waals surface area contributed by atoms with Gasteiger partial charge in [0.05, 0.1) is 5.56 Å². The fraction of sp³-hybridized carbons (Fsp3) is 0.0833. The highest BCUT2D eigenvalue weighted by atomic mass is 32.1. The molecule has 0 saturated heterocycles. The number of benzene rings is 1. The minimum absolute atomic E-state index is 0.0505. The summed E-state index contributed by atoms with van der Waals surface area (Å²) in [6.07, 6.45) is -4.54. The first-order valence-corrected chi connectivity index (χ1v) is 6.51. The first-order chi connectivity index (χ1) is 9.88. The van der Waals surface area contributed by atoms with Crippen LogP contribution in [0.2, 0.25) is 0 Å². The number of nitrogens with two attached hydrogens (primary N) is 1. The Kier molecular flexibility index (Phi) is 2.94. The topological polar surface area (TPSA) is 84.7 Å². The van der Waals surface area contributed by atoms with Crippen LogP contribution in [0, 0.1) is 0 Å². The third-order valence-corrected chi connectivity index (χ3v) is 3.71. The normalized spacial score (nSPS) is 12.0. The van der Waals surface area contributed by atoms with Crippen LogP contribution in [0.1, 0.15) is 5.56 Å². The maximum Gasteiger partial charge on any atom is 0.417 e. The van der Waals surface area contributed by atoms with Gasteiger partial charge in [-0.05, 0) is 6.07 Å². The molecule has 0 atom stereocenters. The summed E-state index contributed by atoms with van der Waals surface area (Å²) in [5.74, 6) is 0. The number of fused-ring (bicyclic) bond motifs is 1. The average Bonchev–Trinajstić information content (AvgIpc) is 2.81. The molecule has 0 spiro atoms.